The molecule has 2 aromatic rings. The molecule has 7 N–H and O–H groups in total. The largest absolute Gasteiger partial charge is 0.508 e. The van der Waals surface area contributed by atoms with Crippen molar-refractivity contribution >= 4 is 40.5 Å². The molecular weight excluding hydrogens is 563 g/mol. The maximum Gasteiger partial charge on any atom is 0.255 e. The summed E-state index contributed by atoms with van der Waals surface area (Å²) >= 11 is 0. The molecule has 0 saturated heterocycles. The summed E-state index contributed by atoms with van der Waals surface area (Å²) in [5.41, 5.74) is 1.08. The van der Waals surface area contributed by atoms with Gasteiger partial charge in [0.2, 0.25) is 5.78 Å². The molecule has 1 saturated carbocycles. The van der Waals surface area contributed by atoms with E-state index >= 15 is 4.39 Å². The molecule has 0 aromatic heterocycles. The van der Waals surface area contributed by atoms with Gasteiger partial charge in [-0.2, -0.15) is 0 Å². The number of phenolic OH excluding ortho intramolecular Hbond substituents is 1. The number of carbonyl (C=O) groups is 4. The number of rotatable bonds is 5. The molecule has 226 valence electrons. The highest BCUT2D eigenvalue weighted by Gasteiger charge is 2.64. The maximum absolute atomic E-state index is 15.5. The van der Waals surface area contributed by atoms with E-state index in [-0.39, 0.29) is 29.7 Å². The first-order valence-electron chi connectivity index (χ1n) is 13.4. The number of ketones is 2. The van der Waals surface area contributed by atoms with Crippen LogP contribution >= 0.6 is 0 Å². The minimum absolute atomic E-state index is 0.143. The van der Waals surface area contributed by atoms with Gasteiger partial charge in [-0.15, -0.1) is 0 Å². The average Bonchev–Trinajstić information content (AvgIpc) is 2.93. The van der Waals surface area contributed by atoms with Gasteiger partial charge in [-0.1, -0.05) is 6.07 Å². The molecular formula is C30H31FN4O8. The van der Waals surface area contributed by atoms with Gasteiger partial charge in [0.1, 0.15) is 22.9 Å². The van der Waals surface area contributed by atoms with Crippen LogP contribution in [-0.2, 0) is 20.8 Å². The lowest BCUT2D eigenvalue weighted by Gasteiger charge is -2.50. The molecule has 4 atom stereocenters. The molecule has 0 spiro atoms. The number of halogens is 1. The fourth-order valence-electron chi connectivity index (χ4n) is 6.48. The fraction of sp³-hybridized carbons (Fsp3) is 0.333. The van der Waals surface area contributed by atoms with Crippen molar-refractivity contribution in [1.29, 1.82) is 0 Å². The van der Waals surface area contributed by atoms with Crippen molar-refractivity contribution in [3.8, 4) is 5.75 Å². The van der Waals surface area contributed by atoms with E-state index in [9.17, 15) is 39.6 Å². The Morgan fingerprint density at radius 3 is 2.37 bits per heavy atom. The molecule has 1 fully saturated rings. The number of benzene rings is 2. The molecule has 5 rings (SSSR count). The van der Waals surface area contributed by atoms with Gasteiger partial charge in [-0.05, 0) is 51.1 Å². The first-order chi connectivity index (χ1) is 20.1. The van der Waals surface area contributed by atoms with Crippen LogP contribution in [0.4, 0.5) is 15.8 Å². The summed E-state index contributed by atoms with van der Waals surface area (Å²) < 4.78 is 15.5. The van der Waals surface area contributed by atoms with Crippen LogP contribution in [0.5, 0.6) is 5.75 Å². The van der Waals surface area contributed by atoms with E-state index in [1.807, 2.05) is 0 Å². The highest BCUT2D eigenvalue weighted by atomic mass is 19.1. The van der Waals surface area contributed by atoms with Gasteiger partial charge in [0.25, 0.3) is 11.8 Å². The second kappa shape index (κ2) is 10.2. The van der Waals surface area contributed by atoms with E-state index in [0.717, 1.165) is 6.07 Å². The second-order valence-corrected chi connectivity index (χ2v) is 11.5. The van der Waals surface area contributed by atoms with Crippen LogP contribution in [0.3, 0.4) is 0 Å². The zero-order chi connectivity index (χ0) is 31.7. The molecule has 2 aromatic carbocycles. The predicted molar refractivity (Wildman–Crippen MR) is 153 cm³/mol. The Balaban J connectivity index is 1.62. The number of amides is 2. The predicted octanol–water partition coefficient (Wildman–Crippen LogP) is 1.42. The monoisotopic (exact) mass is 594 g/mol. The van der Waals surface area contributed by atoms with Gasteiger partial charge in [0.05, 0.1) is 17.3 Å². The van der Waals surface area contributed by atoms with Crippen molar-refractivity contribution < 1.29 is 44.0 Å². The van der Waals surface area contributed by atoms with E-state index in [0.29, 0.717) is 5.69 Å². The third-order valence-corrected chi connectivity index (χ3v) is 8.54. The molecule has 0 radical (unpaired) electrons. The van der Waals surface area contributed by atoms with Gasteiger partial charge in [0.15, 0.2) is 17.1 Å². The Labute approximate surface area is 245 Å². The SMILES string of the molecule is CN(C)c1cccc(C(=O)Nc2cc(F)c3c(c2O)C(O)=C2C(=O)[C@]4(O)C(O)=C(C(N)=O)C(=O)[C@@H](N(C)C)[C@@H]4C[C@@H]2C3)c1. The first kappa shape index (κ1) is 29.7. The van der Waals surface area contributed by atoms with Crippen LogP contribution < -0.4 is 16.0 Å². The average molecular weight is 595 g/mol. The quantitative estimate of drug-likeness (QED) is 0.218. The molecule has 12 nitrogen and oxygen atoms in total. The molecule has 43 heavy (non-hydrogen) atoms. The van der Waals surface area contributed by atoms with Crippen molar-refractivity contribution in [2.75, 3.05) is 38.4 Å². The van der Waals surface area contributed by atoms with Gasteiger partial charge >= 0.3 is 0 Å². The molecule has 2 amide bonds. The molecule has 3 aliphatic carbocycles. The van der Waals surface area contributed by atoms with Crippen molar-refractivity contribution in [2.24, 2.45) is 17.6 Å². The molecule has 0 aliphatic heterocycles. The summed E-state index contributed by atoms with van der Waals surface area (Å²) in [5.74, 6) is -10.0. The highest BCUT2D eigenvalue weighted by Crippen LogP contribution is 2.53. The lowest BCUT2D eigenvalue weighted by atomic mass is 9.57. The van der Waals surface area contributed by atoms with Crippen molar-refractivity contribution in [1.82, 2.24) is 4.90 Å². The van der Waals surface area contributed by atoms with Crippen LogP contribution in [0.2, 0.25) is 0 Å². The number of aliphatic hydroxyl groups excluding tert-OH is 2. The summed E-state index contributed by atoms with van der Waals surface area (Å²) in [6.07, 6.45) is -0.389. The minimum atomic E-state index is -2.82. The normalized spacial score (nSPS) is 24.9. The number of hydrogen-bond donors (Lipinski definition) is 6. The van der Waals surface area contributed by atoms with E-state index in [2.05, 4.69) is 5.32 Å². The van der Waals surface area contributed by atoms with Crippen LogP contribution in [0.1, 0.15) is 27.9 Å². The Morgan fingerprint density at radius 2 is 1.77 bits per heavy atom. The summed E-state index contributed by atoms with van der Waals surface area (Å²) in [6.45, 7) is 0. The number of aliphatic hydroxyl groups is 3. The minimum Gasteiger partial charge on any atom is -0.508 e. The summed E-state index contributed by atoms with van der Waals surface area (Å²) in [6, 6.07) is 6.18. The number of Topliss-reactive ketones (excluding diaryl/α,β-unsaturated/α-hetero) is 2. The van der Waals surface area contributed by atoms with Gasteiger partial charge in [-0.3, -0.25) is 24.1 Å². The van der Waals surface area contributed by atoms with Gasteiger partial charge in [0, 0.05) is 48.5 Å². The van der Waals surface area contributed by atoms with E-state index in [4.69, 9.17) is 5.73 Å². The molecule has 0 unspecified atom stereocenters. The van der Waals surface area contributed by atoms with Crippen LogP contribution in [0.15, 0.2) is 47.2 Å². The Bertz CT molecular complexity index is 1680. The smallest absolute Gasteiger partial charge is 0.255 e. The number of nitrogens with one attached hydrogen (secondary N) is 1. The van der Waals surface area contributed by atoms with Crippen LogP contribution in [-0.4, -0.2) is 88.5 Å². The van der Waals surface area contributed by atoms with Crippen LogP contribution in [0, 0.1) is 17.7 Å². The third-order valence-electron chi connectivity index (χ3n) is 8.54. The number of likely N-dealkylation sites (N-methyl/N-ethyl adjacent to an activating group) is 1. The first-order valence-corrected chi connectivity index (χ1v) is 13.4. The summed E-state index contributed by atoms with van der Waals surface area (Å²) in [5, 5.41) is 47.5. The molecule has 3 aliphatic rings. The number of hydrogen-bond acceptors (Lipinski definition) is 10. The zero-order valence-electron chi connectivity index (χ0n) is 23.8. The number of primary amides is 1. The number of nitrogens with zero attached hydrogens (tertiary/aromatic N) is 2. The summed E-state index contributed by atoms with van der Waals surface area (Å²) in [7, 11) is 6.54. The summed E-state index contributed by atoms with van der Waals surface area (Å²) in [4.78, 5) is 55.3. The number of fused-ring (bicyclic) bond motifs is 3. The molecule has 13 heteroatoms. The lowest BCUT2D eigenvalue weighted by molar-refractivity contribution is -0.153. The standard InChI is InChI=1S/C30H31FN4O8/c1-34(2)14-7-5-6-12(8-14)29(42)33-18-11-17(31)15-9-13-10-16-22(35(3)4)25(38)21(28(32)41)27(40)30(16,43)26(39)19(13)24(37)20(15)23(18)36/h5-8,11,13,16,22,36-37,40,43H,9-10H2,1-4H3,(H2,32,41)(H,33,42)/t13-,16-,22-,30-/m0/s1. The zero-order valence-corrected chi connectivity index (χ0v) is 23.8. The van der Waals surface area contributed by atoms with Gasteiger partial charge < -0.3 is 36.4 Å². The van der Waals surface area contributed by atoms with Crippen molar-refractivity contribution in [3.63, 3.8) is 0 Å². The second-order valence-electron chi connectivity index (χ2n) is 11.5. The molecule has 0 heterocycles. The Morgan fingerprint density at radius 1 is 1.09 bits per heavy atom. The highest BCUT2D eigenvalue weighted by molar-refractivity contribution is 6.24. The number of aromatic hydroxyl groups is 1. The number of anilines is 2. The van der Waals surface area contributed by atoms with E-state index in [1.54, 1.807) is 37.2 Å². The third kappa shape index (κ3) is 4.34. The fourth-order valence-corrected chi connectivity index (χ4v) is 6.48. The number of phenols is 1. The van der Waals surface area contributed by atoms with E-state index < -0.39 is 86.7 Å². The maximum atomic E-state index is 15.5. The number of nitrogens with two attached hydrogens (primary N) is 1. The molecule has 0 bridgehead atoms. The topological polar surface area (TPSA) is 194 Å². The number of carbonyl (C=O) groups excluding carboxylic acids is 4. The van der Waals surface area contributed by atoms with Gasteiger partial charge in [-0.25, -0.2) is 4.39 Å². The van der Waals surface area contributed by atoms with Crippen molar-refractivity contribution in [3.05, 3.63) is 69.7 Å². The Kier molecular flexibility index (Phi) is 7.06. The van der Waals surface area contributed by atoms with Crippen molar-refractivity contribution in [2.45, 2.75) is 24.5 Å². The van der Waals surface area contributed by atoms with E-state index in [1.165, 1.54) is 25.1 Å². The van der Waals surface area contributed by atoms with Crippen LogP contribution in [0.25, 0.3) is 5.76 Å². The lowest BCUT2D eigenvalue weighted by Crippen LogP contribution is -2.65. The Hall–Kier alpha value is -4.75.